The van der Waals surface area contributed by atoms with E-state index >= 15 is 0 Å². The van der Waals surface area contributed by atoms with Crippen molar-refractivity contribution in [2.24, 2.45) is 5.92 Å². The second kappa shape index (κ2) is 7.96. The number of hydrogen-bond donors (Lipinski definition) is 2. The number of sulfonamides is 2. The molecule has 0 saturated heterocycles. The smallest absolute Gasteiger partial charge is 0.244 e. The Kier molecular flexibility index (Phi) is 5.65. The molecule has 1 fully saturated rings. The van der Waals surface area contributed by atoms with E-state index in [1.54, 1.807) is 36.4 Å². The topological polar surface area (TPSA) is 95.6 Å². The van der Waals surface area contributed by atoms with Crippen molar-refractivity contribution in [1.82, 2.24) is 9.03 Å². The molecule has 162 valence electrons. The van der Waals surface area contributed by atoms with Crippen LogP contribution in [0.3, 0.4) is 0 Å². The second-order valence-electron chi connectivity index (χ2n) is 8.14. The van der Waals surface area contributed by atoms with E-state index in [2.05, 4.69) is 10.0 Å². The number of rotatable bonds is 4. The first kappa shape index (κ1) is 21.3. The summed E-state index contributed by atoms with van der Waals surface area (Å²) in [5.41, 5.74) is 1.57. The highest BCUT2D eigenvalue weighted by molar-refractivity contribution is 7.90. The minimum Gasteiger partial charge on any atom is -0.368 e. The Bertz CT molecular complexity index is 1150. The zero-order valence-electron chi connectivity index (χ0n) is 17.1. The first-order chi connectivity index (χ1) is 14.2. The zero-order valence-corrected chi connectivity index (χ0v) is 18.8. The van der Waals surface area contributed by atoms with Gasteiger partial charge in [0, 0.05) is 19.7 Å². The van der Waals surface area contributed by atoms with Crippen molar-refractivity contribution in [2.45, 2.75) is 48.1 Å². The van der Waals surface area contributed by atoms with Crippen molar-refractivity contribution in [3.05, 3.63) is 42.5 Å². The predicted octanol–water partition coefficient (Wildman–Crippen LogP) is 3.21. The van der Waals surface area contributed by atoms with E-state index in [1.807, 2.05) is 0 Å². The molecule has 0 spiro atoms. The first-order valence-corrected chi connectivity index (χ1v) is 13.1. The lowest BCUT2D eigenvalue weighted by atomic mass is 9.87. The van der Waals surface area contributed by atoms with Gasteiger partial charge >= 0.3 is 0 Å². The van der Waals surface area contributed by atoms with E-state index in [4.69, 9.17) is 0 Å². The Hall–Kier alpha value is -1.94. The molecule has 2 aromatic rings. The average Bonchev–Trinajstić information content (AvgIpc) is 2.73. The fraction of sp³-hybridized carbons (Fsp3) is 0.429. The van der Waals surface area contributed by atoms with Crippen LogP contribution in [0.2, 0.25) is 0 Å². The maximum absolute atomic E-state index is 13.0. The molecule has 1 aliphatic carbocycles. The van der Waals surface area contributed by atoms with E-state index < -0.39 is 20.0 Å². The zero-order chi connectivity index (χ0) is 21.5. The third-order valence-corrected chi connectivity index (χ3v) is 9.30. The number of fused-ring (bicyclic) bond motifs is 1. The van der Waals surface area contributed by atoms with E-state index in [1.165, 1.54) is 26.6 Å². The van der Waals surface area contributed by atoms with E-state index in [0.29, 0.717) is 16.8 Å². The van der Waals surface area contributed by atoms with Gasteiger partial charge < -0.3 is 5.32 Å². The summed E-state index contributed by atoms with van der Waals surface area (Å²) >= 11 is 0. The third kappa shape index (κ3) is 3.87. The van der Waals surface area contributed by atoms with E-state index in [9.17, 15) is 16.8 Å². The van der Waals surface area contributed by atoms with Gasteiger partial charge in [0.15, 0.2) is 0 Å². The highest BCUT2D eigenvalue weighted by atomic mass is 32.2. The molecule has 1 saturated carbocycles. The number of nitrogens with zero attached hydrogens (tertiary/aromatic N) is 1. The van der Waals surface area contributed by atoms with Gasteiger partial charge in [-0.05, 0) is 42.5 Å². The minimum absolute atomic E-state index is 0.143. The molecule has 9 heteroatoms. The quantitative estimate of drug-likeness (QED) is 0.747. The van der Waals surface area contributed by atoms with Gasteiger partial charge in [0.1, 0.15) is 4.90 Å². The molecule has 1 heterocycles. The van der Waals surface area contributed by atoms with Crippen LogP contribution < -0.4 is 10.0 Å². The number of anilines is 1. The van der Waals surface area contributed by atoms with Crippen molar-refractivity contribution >= 4 is 25.7 Å². The van der Waals surface area contributed by atoms with Crippen LogP contribution in [0.5, 0.6) is 0 Å². The fourth-order valence-corrected chi connectivity index (χ4v) is 6.79. The van der Waals surface area contributed by atoms with Crippen LogP contribution >= 0.6 is 0 Å². The van der Waals surface area contributed by atoms with Gasteiger partial charge in [-0.2, -0.15) is 4.72 Å². The van der Waals surface area contributed by atoms with E-state index in [0.717, 1.165) is 30.0 Å². The summed E-state index contributed by atoms with van der Waals surface area (Å²) in [4.78, 5) is 0.285. The standard InChI is InChI=1S/C21H27N3O4S2/c1-24(2)30(27,28)19-11-7-6-10-17(19)16-12-13-18-20(14-16)29(25,26)23-21(22-18)15-8-4-3-5-9-15/h6-7,10-15,21-23H,3-5,8-9H2,1-2H3. The molecule has 0 amide bonds. The monoisotopic (exact) mass is 449 g/mol. The Morgan fingerprint density at radius 2 is 1.70 bits per heavy atom. The molecule has 7 nitrogen and oxygen atoms in total. The van der Waals surface area contributed by atoms with Crippen LogP contribution in [-0.4, -0.2) is 41.4 Å². The minimum atomic E-state index is -3.71. The summed E-state index contributed by atoms with van der Waals surface area (Å²) in [5, 5.41) is 3.35. The van der Waals surface area contributed by atoms with Gasteiger partial charge in [0.2, 0.25) is 20.0 Å². The SMILES string of the molecule is CN(C)S(=O)(=O)c1ccccc1-c1ccc2c(c1)S(=O)(=O)NC(C1CCCCC1)N2. The van der Waals surface area contributed by atoms with Gasteiger partial charge in [-0.15, -0.1) is 0 Å². The van der Waals surface area contributed by atoms with Gasteiger partial charge in [0.05, 0.1) is 16.7 Å². The number of benzene rings is 2. The summed E-state index contributed by atoms with van der Waals surface area (Å²) in [6.07, 6.45) is 5.13. The Labute approximate surface area is 178 Å². The van der Waals surface area contributed by atoms with Gasteiger partial charge in [0.25, 0.3) is 0 Å². The summed E-state index contributed by atoms with van der Waals surface area (Å²) in [7, 11) is -4.43. The highest BCUT2D eigenvalue weighted by Crippen LogP contribution is 2.37. The van der Waals surface area contributed by atoms with Crippen LogP contribution in [0, 0.1) is 5.92 Å². The molecular formula is C21H27N3O4S2. The van der Waals surface area contributed by atoms with E-state index in [-0.39, 0.29) is 21.9 Å². The summed E-state index contributed by atoms with van der Waals surface area (Å²) < 4.78 is 55.5. The third-order valence-electron chi connectivity index (χ3n) is 5.94. The average molecular weight is 450 g/mol. The fourth-order valence-electron chi connectivity index (χ4n) is 4.27. The molecular weight excluding hydrogens is 422 g/mol. The molecule has 2 aromatic carbocycles. The number of hydrogen-bond acceptors (Lipinski definition) is 5. The lowest BCUT2D eigenvalue weighted by Crippen LogP contribution is -2.49. The summed E-state index contributed by atoms with van der Waals surface area (Å²) in [6, 6.07) is 11.7. The molecule has 4 rings (SSSR count). The summed E-state index contributed by atoms with van der Waals surface area (Å²) in [5.74, 6) is 0.271. The number of nitrogens with one attached hydrogen (secondary N) is 2. The van der Waals surface area contributed by atoms with Crippen LogP contribution in [0.4, 0.5) is 5.69 Å². The second-order valence-corrected chi connectivity index (χ2v) is 11.9. The molecule has 1 aliphatic heterocycles. The predicted molar refractivity (Wildman–Crippen MR) is 117 cm³/mol. The molecule has 2 aliphatic rings. The largest absolute Gasteiger partial charge is 0.368 e. The van der Waals surface area contributed by atoms with Crippen LogP contribution in [0.25, 0.3) is 11.1 Å². The lowest BCUT2D eigenvalue weighted by molar-refractivity contribution is 0.306. The molecule has 30 heavy (non-hydrogen) atoms. The maximum Gasteiger partial charge on any atom is 0.244 e. The van der Waals surface area contributed by atoms with Gasteiger partial charge in [-0.3, -0.25) is 0 Å². The van der Waals surface area contributed by atoms with Gasteiger partial charge in [-0.1, -0.05) is 43.5 Å². The Morgan fingerprint density at radius 3 is 2.40 bits per heavy atom. The highest BCUT2D eigenvalue weighted by Gasteiger charge is 2.34. The van der Waals surface area contributed by atoms with Crippen molar-refractivity contribution in [3.63, 3.8) is 0 Å². The maximum atomic E-state index is 13.0. The van der Waals surface area contributed by atoms with Crippen LogP contribution in [-0.2, 0) is 20.0 Å². The van der Waals surface area contributed by atoms with Crippen molar-refractivity contribution < 1.29 is 16.8 Å². The molecule has 1 unspecified atom stereocenters. The van der Waals surface area contributed by atoms with Crippen molar-refractivity contribution in [2.75, 3.05) is 19.4 Å². The van der Waals surface area contributed by atoms with Gasteiger partial charge in [-0.25, -0.2) is 21.1 Å². The molecule has 1 atom stereocenters. The van der Waals surface area contributed by atoms with Crippen LogP contribution in [0.15, 0.2) is 52.3 Å². The normalized spacial score (nSPS) is 21.8. The molecule has 0 bridgehead atoms. The van der Waals surface area contributed by atoms with Crippen molar-refractivity contribution in [3.8, 4) is 11.1 Å². The van der Waals surface area contributed by atoms with Crippen molar-refractivity contribution in [1.29, 1.82) is 0 Å². The summed E-state index contributed by atoms with van der Waals surface area (Å²) in [6.45, 7) is 0. The lowest BCUT2D eigenvalue weighted by Gasteiger charge is -2.35. The Balaban J connectivity index is 1.75. The Morgan fingerprint density at radius 1 is 1.00 bits per heavy atom. The molecule has 2 N–H and O–H groups in total. The first-order valence-electron chi connectivity index (χ1n) is 10.1. The molecule has 0 radical (unpaired) electrons. The van der Waals surface area contributed by atoms with Crippen LogP contribution in [0.1, 0.15) is 32.1 Å². The molecule has 0 aromatic heterocycles.